The van der Waals surface area contributed by atoms with Crippen molar-refractivity contribution in [1.82, 2.24) is 5.32 Å². The van der Waals surface area contributed by atoms with Crippen LogP contribution in [0.2, 0.25) is 0 Å². The summed E-state index contributed by atoms with van der Waals surface area (Å²) in [6.07, 6.45) is 0. The molecule has 8 nitrogen and oxygen atoms in total. The van der Waals surface area contributed by atoms with E-state index in [0.29, 0.717) is 6.54 Å². The average molecular weight is 390 g/mol. The molecule has 0 bridgehead atoms. The zero-order valence-electron chi connectivity index (χ0n) is 14.4. The van der Waals surface area contributed by atoms with Crippen molar-refractivity contribution in [2.45, 2.75) is 18.6 Å². The van der Waals surface area contributed by atoms with Crippen LogP contribution in [0.3, 0.4) is 0 Å². The highest BCUT2D eigenvalue weighted by atomic mass is 32.2. The largest absolute Gasteiger partial charge is 0.342 e. The van der Waals surface area contributed by atoms with Gasteiger partial charge in [0.25, 0.3) is 11.6 Å². The van der Waals surface area contributed by atoms with E-state index in [1.807, 2.05) is 35.6 Å². The van der Waals surface area contributed by atoms with E-state index in [9.17, 15) is 23.3 Å². The Kier molecular flexibility index (Phi) is 5.52. The molecule has 1 fully saturated rings. The lowest BCUT2D eigenvalue weighted by molar-refractivity contribution is -0.701. The van der Waals surface area contributed by atoms with Crippen molar-refractivity contribution in [3.05, 3.63) is 75.8 Å². The molecule has 0 radical (unpaired) electrons. The van der Waals surface area contributed by atoms with Gasteiger partial charge in [0.1, 0.15) is 18.3 Å². The van der Waals surface area contributed by atoms with Crippen molar-refractivity contribution in [2.75, 3.05) is 11.5 Å². The van der Waals surface area contributed by atoms with Crippen molar-refractivity contribution in [3.8, 4) is 0 Å². The summed E-state index contributed by atoms with van der Waals surface area (Å²) in [7, 11) is -3.23. The third-order valence-corrected chi connectivity index (χ3v) is 6.31. The molecule has 0 aromatic heterocycles. The SMILES string of the molecule is O=C(N[C@@H]1CS(=O)(=O)C[C@@H]1[NH2+]Cc1ccccc1)c1ccc([N+](=O)[O-])cc1. The minimum atomic E-state index is -3.23. The first kappa shape index (κ1) is 19.0. The minimum Gasteiger partial charge on any atom is -0.342 e. The standard InChI is InChI=1S/C18H19N3O5S/c22-18(14-6-8-15(9-7-14)21(23)24)20-17-12-27(25,26)11-16(17)19-10-13-4-2-1-3-5-13/h1-9,16-17,19H,10-12H2,(H,20,22)/p+1/t16-,17+/m0/s1. The predicted octanol–water partition coefficient (Wildman–Crippen LogP) is 0.254. The van der Waals surface area contributed by atoms with Crippen LogP contribution in [0.15, 0.2) is 54.6 Å². The Morgan fingerprint density at radius 1 is 1.11 bits per heavy atom. The van der Waals surface area contributed by atoms with Crippen LogP contribution in [0.25, 0.3) is 0 Å². The summed E-state index contributed by atoms with van der Waals surface area (Å²) in [4.78, 5) is 22.6. The van der Waals surface area contributed by atoms with Crippen LogP contribution in [0, 0.1) is 10.1 Å². The van der Waals surface area contributed by atoms with Crippen molar-refractivity contribution in [3.63, 3.8) is 0 Å². The molecule has 1 heterocycles. The van der Waals surface area contributed by atoms with Crippen LogP contribution in [-0.4, -0.2) is 42.8 Å². The molecule has 9 heteroatoms. The number of amides is 1. The molecule has 2 aromatic carbocycles. The fraction of sp³-hybridized carbons (Fsp3) is 0.278. The third-order valence-electron chi connectivity index (χ3n) is 4.55. The molecule has 1 aliphatic heterocycles. The number of benzene rings is 2. The maximum absolute atomic E-state index is 12.4. The van der Waals surface area contributed by atoms with Gasteiger partial charge < -0.3 is 10.6 Å². The van der Waals surface area contributed by atoms with Gasteiger partial charge in [-0.2, -0.15) is 0 Å². The molecule has 3 rings (SSSR count). The number of sulfone groups is 1. The van der Waals surface area contributed by atoms with E-state index < -0.39 is 26.7 Å². The number of rotatable bonds is 6. The zero-order valence-corrected chi connectivity index (χ0v) is 15.3. The Hall–Kier alpha value is -2.78. The second-order valence-electron chi connectivity index (χ2n) is 6.55. The molecule has 2 aromatic rings. The normalized spacial score (nSPS) is 20.9. The quantitative estimate of drug-likeness (QED) is 0.541. The van der Waals surface area contributed by atoms with Gasteiger partial charge in [0.15, 0.2) is 9.84 Å². The number of carbonyl (C=O) groups is 1. The van der Waals surface area contributed by atoms with E-state index in [1.54, 1.807) is 0 Å². The van der Waals surface area contributed by atoms with Crippen LogP contribution in [0.1, 0.15) is 15.9 Å². The van der Waals surface area contributed by atoms with Crippen molar-refractivity contribution < 1.29 is 23.5 Å². The van der Waals surface area contributed by atoms with Crippen LogP contribution in [-0.2, 0) is 16.4 Å². The average Bonchev–Trinajstić information content (AvgIpc) is 2.94. The van der Waals surface area contributed by atoms with Gasteiger partial charge in [0.2, 0.25) is 0 Å². The van der Waals surface area contributed by atoms with Gasteiger partial charge in [0.05, 0.1) is 16.7 Å². The van der Waals surface area contributed by atoms with E-state index in [4.69, 9.17) is 0 Å². The molecular weight excluding hydrogens is 370 g/mol. The highest BCUT2D eigenvalue weighted by molar-refractivity contribution is 7.91. The molecule has 142 valence electrons. The van der Waals surface area contributed by atoms with E-state index in [1.165, 1.54) is 24.3 Å². The number of nitrogens with two attached hydrogens (primary N) is 1. The monoisotopic (exact) mass is 390 g/mol. The fourth-order valence-corrected chi connectivity index (χ4v) is 5.11. The van der Waals surface area contributed by atoms with E-state index in [-0.39, 0.29) is 28.8 Å². The van der Waals surface area contributed by atoms with Gasteiger partial charge in [-0.3, -0.25) is 14.9 Å². The summed E-state index contributed by atoms with van der Waals surface area (Å²) >= 11 is 0. The molecule has 1 saturated heterocycles. The van der Waals surface area contributed by atoms with Crippen LogP contribution >= 0.6 is 0 Å². The zero-order chi connectivity index (χ0) is 19.4. The Morgan fingerprint density at radius 2 is 1.78 bits per heavy atom. The van der Waals surface area contributed by atoms with Crippen molar-refractivity contribution in [1.29, 1.82) is 0 Å². The van der Waals surface area contributed by atoms with E-state index in [2.05, 4.69) is 5.32 Å². The first-order valence-electron chi connectivity index (χ1n) is 8.47. The number of quaternary nitrogens is 1. The predicted molar refractivity (Wildman–Crippen MR) is 98.9 cm³/mol. The Labute approximate surface area is 156 Å². The van der Waals surface area contributed by atoms with E-state index >= 15 is 0 Å². The highest BCUT2D eigenvalue weighted by Gasteiger charge is 2.41. The Morgan fingerprint density at radius 3 is 2.41 bits per heavy atom. The molecule has 0 aliphatic carbocycles. The number of hydrogen-bond donors (Lipinski definition) is 2. The summed E-state index contributed by atoms with van der Waals surface area (Å²) < 4.78 is 24.1. The van der Waals surface area contributed by atoms with Gasteiger partial charge >= 0.3 is 0 Å². The lowest BCUT2D eigenvalue weighted by Crippen LogP contribution is -2.92. The lowest BCUT2D eigenvalue weighted by atomic mass is 10.1. The first-order valence-corrected chi connectivity index (χ1v) is 10.3. The summed E-state index contributed by atoms with van der Waals surface area (Å²) in [6, 6.07) is 14.1. The van der Waals surface area contributed by atoms with Gasteiger partial charge in [-0.25, -0.2) is 8.42 Å². The van der Waals surface area contributed by atoms with Crippen LogP contribution < -0.4 is 10.6 Å². The summed E-state index contributed by atoms with van der Waals surface area (Å²) in [5, 5.41) is 15.4. The van der Waals surface area contributed by atoms with Crippen molar-refractivity contribution >= 4 is 21.4 Å². The summed E-state index contributed by atoms with van der Waals surface area (Å²) in [6.45, 7) is 0.616. The molecule has 0 unspecified atom stereocenters. The maximum Gasteiger partial charge on any atom is 0.269 e. The molecular formula is C18H20N3O5S+. The van der Waals surface area contributed by atoms with Gasteiger partial charge in [-0.15, -0.1) is 0 Å². The van der Waals surface area contributed by atoms with Crippen LogP contribution in [0.4, 0.5) is 5.69 Å². The number of hydrogen-bond acceptors (Lipinski definition) is 5. The Balaban J connectivity index is 1.67. The second-order valence-corrected chi connectivity index (χ2v) is 8.70. The number of carbonyl (C=O) groups excluding carboxylic acids is 1. The molecule has 1 aliphatic rings. The third kappa shape index (κ3) is 4.89. The number of nitro benzene ring substituents is 1. The fourth-order valence-electron chi connectivity index (χ4n) is 3.14. The number of non-ortho nitro benzene ring substituents is 1. The molecule has 2 atom stereocenters. The smallest absolute Gasteiger partial charge is 0.269 e. The number of nitrogens with zero attached hydrogens (tertiary/aromatic N) is 1. The lowest BCUT2D eigenvalue weighted by Gasteiger charge is -2.18. The van der Waals surface area contributed by atoms with Crippen molar-refractivity contribution in [2.24, 2.45) is 0 Å². The minimum absolute atomic E-state index is 0.00500. The number of nitrogens with one attached hydrogen (secondary N) is 1. The summed E-state index contributed by atoms with van der Waals surface area (Å²) in [5.41, 5.74) is 1.22. The van der Waals surface area contributed by atoms with E-state index in [0.717, 1.165) is 5.56 Å². The molecule has 1 amide bonds. The summed E-state index contributed by atoms with van der Waals surface area (Å²) in [5.74, 6) is -0.544. The first-order chi connectivity index (χ1) is 12.8. The molecule has 3 N–H and O–H groups in total. The van der Waals surface area contributed by atoms with Gasteiger partial charge in [-0.05, 0) is 12.1 Å². The van der Waals surface area contributed by atoms with Crippen LogP contribution in [0.5, 0.6) is 0 Å². The maximum atomic E-state index is 12.4. The molecule has 0 saturated carbocycles. The molecule has 0 spiro atoms. The molecule has 27 heavy (non-hydrogen) atoms. The highest BCUT2D eigenvalue weighted by Crippen LogP contribution is 2.14. The second kappa shape index (κ2) is 7.85. The van der Waals surface area contributed by atoms with Gasteiger partial charge in [-0.1, -0.05) is 30.3 Å². The topological polar surface area (TPSA) is 123 Å². The van der Waals surface area contributed by atoms with Gasteiger partial charge in [0, 0.05) is 23.3 Å². The number of nitro groups is 1. The Bertz CT molecular complexity index is 929.